The highest BCUT2D eigenvalue weighted by Crippen LogP contribution is 2.33. The van der Waals surface area contributed by atoms with Crippen LogP contribution in [0, 0.1) is 17.2 Å². The van der Waals surface area contributed by atoms with Crippen molar-refractivity contribution >= 4 is 10.8 Å². The minimum Gasteiger partial charge on any atom is -0.254 e. The average Bonchev–Trinajstić information content (AvgIpc) is 2.45. The van der Waals surface area contributed by atoms with Crippen molar-refractivity contribution in [1.29, 1.82) is 5.26 Å². The van der Waals surface area contributed by atoms with Gasteiger partial charge in [0.05, 0.1) is 33.6 Å². The number of hydrogen-bond acceptors (Lipinski definition) is 2. The SMILES string of the molecule is N#CC1CCCCC1S(=O)c1cccc(C(F)(F)F)c1. The van der Waals surface area contributed by atoms with Crippen molar-refractivity contribution in [3.05, 3.63) is 29.8 Å². The van der Waals surface area contributed by atoms with Crippen molar-refractivity contribution in [1.82, 2.24) is 0 Å². The quantitative estimate of drug-likeness (QED) is 0.831. The van der Waals surface area contributed by atoms with Gasteiger partial charge in [-0.15, -0.1) is 0 Å². The molecule has 1 aliphatic rings. The van der Waals surface area contributed by atoms with Gasteiger partial charge in [-0.2, -0.15) is 18.4 Å². The van der Waals surface area contributed by atoms with Crippen molar-refractivity contribution in [2.75, 3.05) is 0 Å². The molecule has 0 heterocycles. The van der Waals surface area contributed by atoms with E-state index in [1.165, 1.54) is 12.1 Å². The van der Waals surface area contributed by atoms with E-state index in [1.807, 2.05) is 0 Å². The molecule has 0 aromatic heterocycles. The lowest BCUT2D eigenvalue weighted by Gasteiger charge is -2.26. The lowest BCUT2D eigenvalue weighted by molar-refractivity contribution is -0.137. The molecule has 0 radical (unpaired) electrons. The normalized spacial score (nSPS) is 24.9. The molecule has 3 unspecified atom stereocenters. The Balaban J connectivity index is 2.27. The number of rotatable bonds is 2. The summed E-state index contributed by atoms with van der Waals surface area (Å²) in [5, 5.41) is 8.71. The van der Waals surface area contributed by atoms with Crippen LogP contribution in [0.5, 0.6) is 0 Å². The van der Waals surface area contributed by atoms with E-state index in [0.717, 1.165) is 25.0 Å². The van der Waals surface area contributed by atoms with Crippen molar-refractivity contribution in [3.8, 4) is 6.07 Å². The van der Waals surface area contributed by atoms with Gasteiger partial charge < -0.3 is 0 Å². The standard InChI is InChI=1S/C14H14F3NOS/c15-14(16,17)11-5-3-6-12(8-11)20(19)13-7-2-1-4-10(13)9-18/h3,5-6,8,10,13H,1-2,4,7H2. The van der Waals surface area contributed by atoms with E-state index >= 15 is 0 Å². The van der Waals surface area contributed by atoms with Gasteiger partial charge in [0.2, 0.25) is 0 Å². The predicted octanol–water partition coefficient (Wildman–Crippen LogP) is 3.90. The largest absolute Gasteiger partial charge is 0.416 e. The van der Waals surface area contributed by atoms with Crippen molar-refractivity contribution in [3.63, 3.8) is 0 Å². The van der Waals surface area contributed by atoms with Crippen LogP contribution in [0.2, 0.25) is 0 Å². The molecule has 6 heteroatoms. The maximum atomic E-state index is 12.7. The van der Waals surface area contributed by atoms with E-state index in [0.29, 0.717) is 12.8 Å². The fourth-order valence-corrected chi connectivity index (χ4v) is 4.15. The molecule has 1 aromatic rings. The first-order chi connectivity index (χ1) is 9.43. The Hall–Kier alpha value is -1.35. The molecule has 0 amide bonds. The van der Waals surface area contributed by atoms with Crippen LogP contribution < -0.4 is 0 Å². The molecule has 1 fully saturated rings. The molecular formula is C14H14F3NOS. The van der Waals surface area contributed by atoms with Gasteiger partial charge in [-0.25, -0.2) is 0 Å². The van der Waals surface area contributed by atoms with Crippen LogP contribution in [0.3, 0.4) is 0 Å². The highest BCUT2D eigenvalue weighted by atomic mass is 32.2. The van der Waals surface area contributed by atoms with Gasteiger partial charge in [0.1, 0.15) is 0 Å². The summed E-state index contributed by atoms with van der Waals surface area (Å²) in [5.41, 5.74) is -0.798. The summed E-state index contributed by atoms with van der Waals surface area (Å²) in [5.74, 6) is -0.334. The van der Waals surface area contributed by atoms with Crippen molar-refractivity contribution in [2.45, 2.75) is 42.0 Å². The summed E-state index contributed by atoms with van der Waals surface area (Å²) in [6.07, 6.45) is -1.36. The van der Waals surface area contributed by atoms with Crippen LogP contribution in [0.1, 0.15) is 31.2 Å². The fourth-order valence-electron chi connectivity index (χ4n) is 2.47. The number of nitriles is 1. The lowest BCUT2D eigenvalue weighted by Crippen LogP contribution is -2.28. The third-order valence-electron chi connectivity index (χ3n) is 3.54. The molecule has 2 rings (SSSR count). The van der Waals surface area contributed by atoms with Gasteiger partial charge in [-0.3, -0.25) is 4.21 Å². The van der Waals surface area contributed by atoms with Gasteiger partial charge in [0, 0.05) is 4.90 Å². The van der Waals surface area contributed by atoms with Crippen LogP contribution in [-0.4, -0.2) is 9.46 Å². The lowest BCUT2D eigenvalue weighted by atomic mass is 9.90. The zero-order valence-electron chi connectivity index (χ0n) is 10.7. The van der Waals surface area contributed by atoms with Crippen LogP contribution in [0.4, 0.5) is 13.2 Å². The first-order valence-electron chi connectivity index (χ1n) is 6.41. The van der Waals surface area contributed by atoms with E-state index in [2.05, 4.69) is 6.07 Å². The third kappa shape index (κ3) is 3.21. The Morgan fingerprint density at radius 2 is 1.95 bits per heavy atom. The van der Waals surface area contributed by atoms with E-state index < -0.39 is 22.5 Å². The second-order valence-electron chi connectivity index (χ2n) is 4.88. The van der Waals surface area contributed by atoms with Gasteiger partial charge in [0.15, 0.2) is 0 Å². The maximum Gasteiger partial charge on any atom is 0.416 e. The topological polar surface area (TPSA) is 40.9 Å². The van der Waals surface area contributed by atoms with Crippen LogP contribution in [-0.2, 0) is 17.0 Å². The molecule has 0 N–H and O–H groups in total. The number of alkyl halides is 3. The monoisotopic (exact) mass is 301 g/mol. The van der Waals surface area contributed by atoms with Gasteiger partial charge in [-0.1, -0.05) is 18.9 Å². The van der Waals surface area contributed by atoms with Crippen LogP contribution >= 0.6 is 0 Å². The van der Waals surface area contributed by atoms with Crippen molar-refractivity contribution < 1.29 is 17.4 Å². The van der Waals surface area contributed by atoms with E-state index in [1.54, 1.807) is 0 Å². The molecule has 1 aromatic carbocycles. The Morgan fingerprint density at radius 3 is 2.60 bits per heavy atom. The van der Waals surface area contributed by atoms with Crippen LogP contribution in [0.25, 0.3) is 0 Å². The average molecular weight is 301 g/mol. The summed E-state index contributed by atoms with van der Waals surface area (Å²) < 4.78 is 50.4. The van der Waals surface area contributed by atoms with Crippen LogP contribution in [0.15, 0.2) is 29.2 Å². The fraction of sp³-hybridized carbons (Fsp3) is 0.500. The molecule has 0 saturated heterocycles. The number of hydrogen-bond donors (Lipinski definition) is 0. The molecule has 1 aliphatic carbocycles. The summed E-state index contributed by atoms with van der Waals surface area (Å²) in [4.78, 5) is 0.159. The summed E-state index contributed by atoms with van der Waals surface area (Å²) in [7, 11) is -1.57. The molecular weight excluding hydrogens is 287 g/mol. The minimum absolute atomic E-state index is 0.159. The van der Waals surface area contributed by atoms with Gasteiger partial charge >= 0.3 is 6.18 Å². The molecule has 3 atom stereocenters. The third-order valence-corrected chi connectivity index (χ3v) is 5.37. The second kappa shape index (κ2) is 5.96. The van der Waals surface area contributed by atoms with E-state index in [-0.39, 0.29) is 16.1 Å². The first-order valence-corrected chi connectivity index (χ1v) is 7.62. The smallest absolute Gasteiger partial charge is 0.254 e. The Bertz CT molecular complexity index is 550. The molecule has 2 nitrogen and oxygen atoms in total. The zero-order chi connectivity index (χ0) is 14.8. The molecule has 1 saturated carbocycles. The van der Waals surface area contributed by atoms with Crippen molar-refractivity contribution in [2.24, 2.45) is 5.92 Å². The molecule has 0 spiro atoms. The molecule has 0 aliphatic heterocycles. The first kappa shape index (κ1) is 15.0. The molecule has 20 heavy (non-hydrogen) atoms. The number of benzene rings is 1. The number of nitrogens with zero attached hydrogens (tertiary/aromatic N) is 1. The molecule has 0 bridgehead atoms. The Labute approximate surface area is 118 Å². The Morgan fingerprint density at radius 1 is 1.25 bits per heavy atom. The van der Waals surface area contributed by atoms with E-state index in [4.69, 9.17) is 5.26 Å². The summed E-state index contributed by atoms with van der Waals surface area (Å²) in [6.45, 7) is 0. The van der Waals surface area contributed by atoms with E-state index in [9.17, 15) is 17.4 Å². The number of halogens is 3. The maximum absolute atomic E-state index is 12.7. The zero-order valence-corrected chi connectivity index (χ0v) is 11.5. The minimum atomic E-state index is -4.44. The Kier molecular flexibility index (Phi) is 4.48. The second-order valence-corrected chi connectivity index (χ2v) is 6.55. The highest BCUT2D eigenvalue weighted by Gasteiger charge is 2.33. The molecule has 108 valence electrons. The van der Waals surface area contributed by atoms with Gasteiger partial charge in [-0.05, 0) is 31.0 Å². The highest BCUT2D eigenvalue weighted by molar-refractivity contribution is 7.85. The van der Waals surface area contributed by atoms with Gasteiger partial charge in [0.25, 0.3) is 0 Å². The summed E-state index contributed by atoms with van der Waals surface area (Å²) >= 11 is 0. The summed E-state index contributed by atoms with van der Waals surface area (Å²) in [6, 6.07) is 6.73. The predicted molar refractivity (Wildman–Crippen MR) is 69.2 cm³/mol.